The highest BCUT2D eigenvalue weighted by Gasteiger charge is 2.35. The molecule has 4 rings (SSSR count). The number of carbonyl (C=O) groups excluding carboxylic acids is 2. The summed E-state index contributed by atoms with van der Waals surface area (Å²) in [5.41, 5.74) is 2.93. The lowest BCUT2D eigenvalue weighted by molar-refractivity contribution is -0.123. The molecule has 0 aliphatic carbocycles. The number of thioether (sulfide) groups is 1. The zero-order chi connectivity index (χ0) is 26.4. The predicted octanol–water partition coefficient (Wildman–Crippen LogP) is 6.25. The van der Waals surface area contributed by atoms with E-state index in [1.165, 1.54) is 13.2 Å². The Morgan fingerprint density at radius 1 is 1.08 bits per heavy atom. The fraction of sp³-hybridized carbons (Fsp3) is 0.138. The highest BCUT2D eigenvalue weighted by Crippen LogP contribution is 2.38. The van der Waals surface area contributed by atoms with Crippen molar-refractivity contribution in [1.29, 1.82) is 5.26 Å². The SMILES string of the molecule is C=CCc1cc(C=C2SC(=O)N(Cc3ccccc3F)C2=O)cc(OC)c1OCc1ccccc1C#N. The number of benzene rings is 3. The number of amides is 2. The molecule has 0 saturated carbocycles. The topological polar surface area (TPSA) is 79.6 Å². The van der Waals surface area contributed by atoms with Crippen LogP contribution in [0.2, 0.25) is 0 Å². The molecule has 186 valence electrons. The van der Waals surface area contributed by atoms with Gasteiger partial charge >= 0.3 is 0 Å². The molecule has 1 heterocycles. The number of rotatable bonds is 9. The molecule has 0 radical (unpaired) electrons. The molecule has 0 spiro atoms. The lowest BCUT2D eigenvalue weighted by Crippen LogP contribution is -2.27. The smallest absolute Gasteiger partial charge is 0.293 e. The average Bonchev–Trinajstić information content (AvgIpc) is 3.16. The van der Waals surface area contributed by atoms with Crippen molar-refractivity contribution < 1.29 is 23.5 Å². The Hall–Kier alpha value is -4.35. The molecule has 3 aromatic rings. The molecule has 2 amide bonds. The minimum absolute atomic E-state index is 0.142. The maximum atomic E-state index is 14.1. The van der Waals surface area contributed by atoms with Crippen LogP contribution in [0.3, 0.4) is 0 Å². The molecule has 0 atom stereocenters. The van der Waals surface area contributed by atoms with Gasteiger partial charge in [0, 0.05) is 16.7 Å². The number of halogens is 1. The van der Waals surface area contributed by atoms with Crippen LogP contribution in [-0.4, -0.2) is 23.2 Å². The Morgan fingerprint density at radius 2 is 1.81 bits per heavy atom. The summed E-state index contributed by atoms with van der Waals surface area (Å²) >= 11 is 0.803. The van der Waals surface area contributed by atoms with E-state index in [0.717, 1.165) is 27.8 Å². The van der Waals surface area contributed by atoms with Crippen molar-refractivity contribution in [2.45, 2.75) is 19.6 Å². The standard InChI is InChI=1S/C29H23FN2O4S/c1-3-8-20-13-19(14-25(35-2)27(20)36-18-23-11-5-4-9-21(23)16-31)15-26-28(33)32(29(34)37-26)17-22-10-6-7-12-24(22)30/h3-7,9-15H,1,8,17-18H2,2H3. The van der Waals surface area contributed by atoms with Crippen LogP contribution in [0.15, 0.2) is 78.2 Å². The number of carbonyl (C=O) groups is 2. The Balaban J connectivity index is 1.61. The van der Waals surface area contributed by atoms with Crippen LogP contribution in [0.5, 0.6) is 11.5 Å². The van der Waals surface area contributed by atoms with Crippen LogP contribution < -0.4 is 9.47 Å². The summed E-state index contributed by atoms with van der Waals surface area (Å²) in [6.45, 7) is 3.84. The second-order valence-corrected chi connectivity index (χ2v) is 9.11. The zero-order valence-electron chi connectivity index (χ0n) is 20.1. The molecular formula is C29H23FN2O4S. The molecule has 1 saturated heterocycles. The molecule has 6 nitrogen and oxygen atoms in total. The van der Waals surface area contributed by atoms with E-state index in [4.69, 9.17) is 9.47 Å². The lowest BCUT2D eigenvalue weighted by Gasteiger charge is -2.16. The second kappa shape index (κ2) is 11.6. The molecule has 8 heteroatoms. The third-order valence-corrected chi connectivity index (χ3v) is 6.61. The van der Waals surface area contributed by atoms with Gasteiger partial charge in [0.2, 0.25) is 0 Å². The minimum atomic E-state index is -0.490. The van der Waals surface area contributed by atoms with Gasteiger partial charge in [-0.1, -0.05) is 42.5 Å². The Labute approximate surface area is 218 Å². The normalized spacial score (nSPS) is 14.1. The number of allylic oxidation sites excluding steroid dienone is 1. The average molecular weight is 515 g/mol. The highest BCUT2D eigenvalue weighted by molar-refractivity contribution is 8.18. The van der Waals surface area contributed by atoms with E-state index < -0.39 is 17.0 Å². The van der Waals surface area contributed by atoms with Crippen LogP contribution in [0.1, 0.15) is 27.8 Å². The van der Waals surface area contributed by atoms with E-state index in [1.807, 2.05) is 18.2 Å². The number of hydrogen-bond donors (Lipinski definition) is 0. The van der Waals surface area contributed by atoms with Crippen molar-refractivity contribution in [3.8, 4) is 17.6 Å². The molecule has 1 aliphatic rings. The summed E-state index contributed by atoms with van der Waals surface area (Å²) in [4.78, 5) is 26.8. The molecule has 37 heavy (non-hydrogen) atoms. The quantitative estimate of drug-likeness (QED) is 0.248. The maximum Gasteiger partial charge on any atom is 0.293 e. The first-order valence-corrected chi connectivity index (χ1v) is 12.2. The van der Waals surface area contributed by atoms with Gasteiger partial charge in [0.05, 0.1) is 30.2 Å². The van der Waals surface area contributed by atoms with E-state index in [-0.39, 0.29) is 23.6 Å². The van der Waals surface area contributed by atoms with Gasteiger partial charge in [0.15, 0.2) is 11.5 Å². The predicted molar refractivity (Wildman–Crippen MR) is 140 cm³/mol. The first-order valence-electron chi connectivity index (χ1n) is 11.4. The molecule has 1 aliphatic heterocycles. The van der Waals surface area contributed by atoms with E-state index in [2.05, 4.69) is 12.6 Å². The van der Waals surface area contributed by atoms with E-state index in [9.17, 15) is 19.2 Å². The van der Waals surface area contributed by atoms with E-state index in [0.29, 0.717) is 29.0 Å². The molecule has 0 N–H and O–H groups in total. The molecule has 3 aromatic carbocycles. The van der Waals surface area contributed by atoms with Crippen molar-refractivity contribution in [3.63, 3.8) is 0 Å². The summed E-state index contributed by atoms with van der Waals surface area (Å²) in [7, 11) is 1.51. The van der Waals surface area contributed by atoms with Gasteiger partial charge in [0.25, 0.3) is 11.1 Å². The van der Waals surface area contributed by atoms with Crippen molar-refractivity contribution in [2.24, 2.45) is 0 Å². The summed E-state index contributed by atoms with van der Waals surface area (Å²) < 4.78 is 25.7. The largest absolute Gasteiger partial charge is 0.493 e. The number of nitriles is 1. The number of nitrogens with zero attached hydrogens (tertiary/aromatic N) is 2. The fourth-order valence-corrected chi connectivity index (χ4v) is 4.72. The molecule has 0 aromatic heterocycles. The second-order valence-electron chi connectivity index (χ2n) is 8.12. The lowest BCUT2D eigenvalue weighted by atomic mass is 10.0. The van der Waals surface area contributed by atoms with Crippen LogP contribution in [0, 0.1) is 17.1 Å². The number of hydrogen-bond acceptors (Lipinski definition) is 6. The number of imide groups is 1. The highest BCUT2D eigenvalue weighted by atomic mass is 32.2. The van der Waals surface area contributed by atoms with Crippen LogP contribution in [-0.2, 0) is 24.4 Å². The molecule has 0 unspecified atom stereocenters. The maximum absolute atomic E-state index is 14.1. The van der Waals surface area contributed by atoms with Crippen LogP contribution in [0.25, 0.3) is 6.08 Å². The van der Waals surface area contributed by atoms with Crippen molar-refractivity contribution in [3.05, 3.63) is 112 Å². The minimum Gasteiger partial charge on any atom is -0.493 e. The van der Waals surface area contributed by atoms with Gasteiger partial charge in [0.1, 0.15) is 12.4 Å². The Kier molecular flexibility index (Phi) is 8.06. The van der Waals surface area contributed by atoms with Crippen molar-refractivity contribution in [2.75, 3.05) is 7.11 Å². The van der Waals surface area contributed by atoms with E-state index in [1.54, 1.807) is 48.6 Å². The number of methoxy groups -OCH3 is 1. The van der Waals surface area contributed by atoms with Gasteiger partial charge in [-0.2, -0.15) is 5.26 Å². The van der Waals surface area contributed by atoms with Gasteiger partial charge < -0.3 is 9.47 Å². The summed E-state index contributed by atoms with van der Waals surface area (Å²) in [5, 5.41) is 8.89. The van der Waals surface area contributed by atoms with Gasteiger partial charge in [-0.3, -0.25) is 14.5 Å². The zero-order valence-corrected chi connectivity index (χ0v) is 20.9. The first kappa shape index (κ1) is 25.7. The van der Waals surface area contributed by atoms with Crippen LogP contribution in [0.4, 0.5) is 9.18 Å². The molecule has 1 fully saturated rings. The fourth-order valence-electron chi connectivity index (χ4n) is 3.88. The van der Waals surface area contributed by atoms with Crippen molar-refractivity contribution >= 4 is 29.0 Å². The van der Waals surface area contributed by atoms with Gasteiger partial charge in [-0.05, 0) is 54.1 Å². The summed E-state index contributed by atoms with van der Waals surface area (Å²) in [6.07, 6.45) is 3.79. The summed E-state index contributed by atoms with van der Waals surface area (Å²) in [5.74, 6) is -0.0289. The first-order chi connectivity index (χ1) is 17.9. The summed E-state index contributed by atoms with van der Waals surface area (Å²) in [6, 6.07) is 18.9. The number of ether oxygens (including phenoxy) is 2. The molecule has 0 bridgehead atoms. The van der Waals surface area contributed by atoms with E-state index >= 15 is 0 Å². The van der Waals surface area contributed by atoms with Crippen LogP contribution >= 0.6 is 11.8 Å². The monoisotopic (exact) mass is 514 g/mol. The Bertz CT molecular complexity index is 1440. The third kappa shape index (κ3) is 5.74. The van der Waals surface area contributed by atoms with Gasteiger partial charge in [-0.15, -0.1) is 6.58 Å². The van der Waals surface area contributed by atoms with Gasteiger partial charge in [-0.25, -0.2) is 4.39 Å². The third-order valence-electron chi connectivity index (χ3n) is 5.71. The Morgan fingerprint density at radius 3 is 2.51 bits per heavy atom. The molecular weight excluding hydrogens is 491 g/mol. The van der Waals surface area contributed by atoms with Crippen molar-refractivity contribution in [1.82, 2.24) is 4.90 Å².